The van der Waals surface area contributed by atoms with Gasteiger partial charge in [0.1, 0.15) is 0 Å². The lowest BCUT2D eigenvalue weighted by molar-refractivity contribution is 0.174. The van der Waals surface area contributed by atoms with Crippen LogP contribution in [0.2, 0.25) is 0 Å². The zero-order valence-electron chi connectivity index (χ0n) is 11.6. The Morgan fingerprint density at radius 1 is 1.31 bits per heavy atom. The Kier molecular flexibility index (Phi) is 6.37. The van der Waals surface area contributed by atoms with Crippen molar-refractivity contribution in [2.75, 3.05) is 19.6 Å². The first-order chi connectivity index (χ1) is 7.65. The van der Waals surface area contributed by atoms with Gasteiger partial charge in [0.15, 0.2) is 0 Å². The Morgan fingerprint density at radius 3 is 2.56 bits per heavy atom. The molecule has 0 saturated carbocycles. The number of nitrogens with one attached hydrogen (secondary N) is 1. The highest BCUT2D eigenvalue weighted by molar-refractivity contribution is 4.83. The molecule has 1 aliphatic rings. The van der Waals surface area contributed by atoms with Gasteiger partial charge in [-0.05, 0) is 45.2 Å². The Bertz CT molecular complexity index is 180. The minimum Gasteiger partial charge on any atom is -0.315 e. The SMILES string of the molecule is CCCC(CNCC(C)C)N1CCCC1C. The molecule has 96 valence electrons. The average Bonchev–Trinajstić information content (AvgIpc) is 2.63. The van der Waals surface area contributed by atoms with Gasteiger partial charge in [0.05, 0.1) is 0 Å². The molecule has 1 N–H and O–H groups in total. The first-order valence-electron chi connectivity index (χ1n) is 7.11. The third-order valence-electron chi connectivity index (χ3n) is 3.63. The van der Waals surface area contributed by atoms with Crippen LogP contribution in [0.5, 0.6) is 0 Å². The number of nitrogens with zero attached hydrogens (tertiary/aromatic N) is 1. The average molecular weight is 226 g/mol. The summed E-state index contributed by atoms with van der Waals surface area (Å²) >= 11 is 0. The summed E-state index contributed by atoms with van der Waals surface area (Å²) < 4.78 is 0. The third kappa shape index (κ3) is 4.42. The second kappa shape index (κ2) is 7.29. The summed E-state index contributed by atoms with van der Waals surface area (Å²) in [6.07, 6.45) is 5.43. The van der Waals surface area contributed by atoms with E-state index in [9.17, 15) is 0 Å². The van der Waals surface area contributed by atoms with Gasteiger partial charge in [-0.1, -0.05) is 27.2 Å². The molecule has 0 aromatic heterocycles. The van der Waals surface area contributed by atoms with Crippen molar-refractivity contribution >= 4 is 0 Å². The molecule has 0 bridgehead atoms. The van der Waals surface area contributed by atoms with Gasteiger partial charge in [-0.15, -0.1) is 0 Å². The van der Waals surface area contributed by atoms with Crippen LogP contribution >= 0.6 is 0 Å². The van der Waals surface area contributed by atoms with Gasteiger partial charge in [-0.25, -0.2) is 0 Å². The van der Waals surface area contributed by atoms with Gasteiger partial charge in [-0.3, -0.25) is 4.90 Å². The van der Waals surface area contributed by atoms with Gasteiger partial charge in [0, 0.05) is 18.6 Å². The minimum absolute atomic E-state index is 0.762. The van der Waals surface area contributed by atoms with Crippen molar-refractivity contribution < 1.29 is 0 Å². The molecule has 1 fully saturated rings. The smallest absolute Gasteiger partial charge is 0.0223 e. The summed E-state index contributed by atoms with van der Waals surface area (Å²) in [6.45, 7) is 12.9. The van der Waals surface area contributed by atoms with Gasteiger partial charge < -0.3 is 5.32 Å². The maximum Gasteiger partial charge on any atom is 0.0223 e. The summed E-state index contributed by atoms with van der Waals surface area (Å²) in [5.74, 6) is 0.762. The van der Waals surface area contributed by atoms with Crippen molar-refractivity contribution in [1.29, 1.82) is 0 Å². The Labute approximate surface area is 102 Å². The van der Waals surface area contributed by atoms with Crippen LogP contribution in [0.15, 0.2) is 0 Å². The monoisotopic (exact) mass is 226 g/mol. The fourth-order valence-corrected chi connectivity index (χ4v) is 2.75. The maximum absolute atomic E-state index is 3.63. The van der Waals surface area contributed by atoms with E-state index in [4.69, 9.17) is 0 Å². The lowest BCUT2D eigenvalue weighted by atomic mass is 10.1. The van der Waals surface area contributed by atoms with Crippen LogP contribution < -0.4 is 5.32 Å². The second-order valence-electron chi connectivity index (χ2n) is 5.72. The highest BCUT2D eigenvalue weighted by Crippen LogP contribution is 2.21. The molecule has 2 atom stereocenters. The van der Waals surface area contributed by atoms with Crippen LogP contribution in [0.3, 0.4) is 0 Å². The molecule has 0 aromatic carbocycles. The van der Waals surface area contributed by atoms with E-state index in [2.05, 4.69) is 37.9 Å². The van der Waals surface area contributed by atoms with E-state index in [0.29, 0.717) is 0 Å². The number of rotatable bonds is 7. The summed E-state index contributed by atoms with van der Waals surface area (Å²) in [6, 6.07) is 1.57. The number of likely N-dealkylation sites (tertiary alicyclic amines) is 1. The van der Waals surface area contributed by atoms with Crippen LogP contribution in [0.1, 0.15) is 53.4 Å². The fourth-order valence-electron chi connectivity index (χ4n) is 2.75. The standard InChI is InChI=1S/C14H30N2/c1-5-7-14(11-15-10-12(2)3)16-9-6-8-13(16)4/h12-15H,5-11H2,1-4H3. The van der Waals surface area contributed by atoms with E-state index in [0.717, 1.165) is 24.5 Å². The molecule has 2 unspecified atom stereocenters. The molecule has 0 spiro atoms. The normalized spacial score (nSPS) is 24.2. The molecule has 1 saturated heterocycles. The van der Waals surface area contributed by atoms with Crippen molar-refractivity contribution in [1.82, 2.24) is 10.2 Å². The first kappa shape index (κ1) is 14.0. The fraction of sp³-hybridized carbons (Fsp3) is 1.00. The highest BCUT2D eigenvalue weighted by Gasteiger charge is 2.26. The lowest BCUT2D eigenvalue weighted by Gasteiger charge is -2.31. The van der Waals surface area contributed by atoms with Crippen molar-refractivity contribution in [2.45, 2.75) is 65.5 Å². The van der Waals surface area contributed by atoms with Gasteiger partial charge in [0.2, 0.25) is 0 Å². The van der Waals surface area contributed by atoms with Gasteiger partial charge in [0.25, 0.3) is 0 Å². The molecular weight excluding hydrogens is 196 g/mol. The van der Waals surface area contributed by atoms with Crippen LogP contribution in [-0.2, 0) is 0 Å². The number of hydrogen-bond acceptors (Lipinski definition) is 2. The molecule has 1 heterocycles. The molecule has 2 nitrogen and oxygen atoms in total. The van der Waals surface area contributed by atoms with E-state index in [1.807, 2.05) is 0 Å². The summed E-state index contributed by atoms with van der Waals surface area (Å²) in [5.41, 5.74) is 0. The van der Waals surface area contributed by atoms with Gasteiger partial charge >= 0.3 is 0 Å². The molecular formula is C14H30N2. The molecule has 0 aliphatic carbocycles. The largest absolute Gasteiger partial charge is 0.315 e. The summed E-state index contributed by atoms with van der Waals surface area (Å²) in [7, 11) is 0. The third-order valence-corrected chi connectivity index (χ3v) is 3.63. The van der Waals surface area contributed by atoms with Gasteiger partial charge in [-0.2, -0.15) is 0 Å². The quantitative estimate of drug-likeness (QED) is 0.718. The minimum atomic E-state index is 0.762. The molecule has 2 heteroatoms. The van der Waals surface area contributed by atoms with E-state index in [-0.39, 0.29) is 0 Å². The molecule has 0 radical (unpaired) electrons. The van der Waals surface area contributed by atoms with Crippen LogP contribution in [0.4, 0.5) is 0 Å². The topological polar surface area (TPSA) is 15.3 Å². The van der Waals surface area contributed by atoms with Crippen LogP contribution in [0, 0.1) is 5.92 Å². The zero-order chi connectivity index (χ0) is 12.0. The molecule has 1 rings (SSSR count). The molecule has 16 heavy (non-hydrogen) atoms. The van der Waals surface area contributed by atoms with E-state index < -0.39 is 0 Å². The van der Waals surface area contributed by atoms with Crippen LogP contribution in [-0.4, -0.2) is 36.6 Å². The maximum atomic E-state index is 3.63. The molecule has 1 aliphatic heterocycles. The van der Waals surface area contributed by atoms with E-state index in [1.165, 1.54) is 38.8 Å². The number of hydrogen-bond donors (Lipinski definition) is 1. The predicted molar refractivity (Wildman–Crippen MR) is 71.8 cm³/mol. The van der Waals surface area contributed by atoms with Crippen LogP contribution in [0.25, 0.3) is 0 Å². The Morgan fingerprint density at radius 2 is 2.06 bits per heavy atom. The summed E-state index contributed by atoms with van der Waals surface area (Å²) in [4.78, 5) is 2.72. The van der Waals surface area contributed by atoms with Crippen molar-refractivity contribution in [2.24, 2.45) is 5.92 Å². The van der Waals surface area contributed by atoms with E-state index >= 15 is 0 Å². The van der Waals surface area contributed by atoms with E-state index in [1.54, 1.807) is 0 Å². The molecule has 0 amide bonds. The summed E-state index contributed by atoms with van der Waals surface area (Å²) in [5, 5.41) is 3.63. The van der Waals surface area contributed by atoms with Crippen molar-refractivity contribution in [3.05, 3.63) is 0 Å². The predicted octanol–water partition coefficient (Wildman–Crippen LogP) is 2.89. The van der Waals surface area contributed by atoms with Crippen molar-refractivity contribution in [3.63, 3.8) is 0 Å². The zero-order valence-corrected chi connectivity index (χ0v) is 11.6. The Balaban J connectivity index is 2.34. The highest BCUT2D eigenvalue weighted by atomic mass is 15.2. The lowest BCUT2D eigenvalue weighted by Crippen LogP contribution is -2.44. The first-order valence-corrected chi connectivity index (χ1v) is 7.11. The molecule has 0 aromatic rings. The van der Waals surface area contributed by atoms with Crippen molar-refractivity contribution in [3.8, 4) is 0 Å². The Hall–Kier alpha value is -0.0800. The second-order valence-corrected chi connectivity index (χ2v) is 5.72.